The van der Waals surface area contributed by atoms with Crippen LogP contribution in [0.15, 0.2) is 52.4 Å². The zero-order valence-corrected chi connectivity index (χ0v) is 18.3. The van der Waals surface area contributed by atoms with E-state index in [1.165, 1.54) is 0 Å². The van der Waals surface area contributed by atoms with Crippen LogP contribution in [0.1, 0.15) is 25.3 Å². The largest absolute Gasteiger partial charge is 0.454 e. The molecule has 1 aliphatic rings. The van der Waals surface area contributed by atoms with Crippen molar-refractivity contribution in [3.05, 3.63) is 58.5 Å². The third-order valence-corrected chi connectivity index (χ3v) is 4.22. The quantitative estimate of drug-likeness (QED) is 0.254. The number of ether oxygens (including phenoxy) is 2. The number of hydrogen-bond donors (Lipinski definition) is 2. The lowest BCUT2D eigenvalue weighted by atomic mass is 10.2. The molecule has 8 heteroatoms. The fourth-order valence-corrected chi connectivity index (χ4v) is 2.81. The summed E-state index contributed by atoms with van der Waals surface area (Å²) in [6, 6.07) is 11.1. The van der Waals surface area contributed by atoms with E-state index in [1.807, 2.05) is 37.4 Å². The van der Waals surface area contributed by atoms with Gasteiger partial charge < -0.3 is 24.7 Å². The molecule has 0 saturated carbocycles. The van der Waals surface area contributed by atoms with E-state index in [-0.39, 0.29) is 36.3 Å². The highest BCUT2D eigenvalue weighted by Gasteiger charge is 2.12. The summed E-state index contributed by atoms with van der Waals surface area (Å²) in [5.74, 6) is 2.34. The fourth-order valence-electron chi connectivity index (χ4n) is 2.81. The van der Waals surface area contributed by atoms with Gasteiger partial charge in [-0.05, 0) is 43.5 Å². The fraction of sp³-hybridized carbons (Fsp3) is 0.400. The molecular formula is C20H27IN4O3. The molecule has 0 radical (unpaired) electrons. The first-order valence-electron chi connectivity index (χ1n) is 9.32. The number of aromatic nitrogens is 1. The van der Waals surface area contributed by atoms with Crippen LogP contribution in [0.4, 0.5) is 0 Å². The second kappa shape index (κ2) is 11.6. The highest BCUT2D eigenvalue weighted by atomic mass is 127. The topological polar surface area (TPSA) is 76.9 Å². The number of aryl methyl sites for hydroxylation is 1. The van der Waals surface area contributed by atoms with Crippen LogP contribution in [0.3, 0.4) is 0 Å². The van der Waals surface area contributed by atoms with Crippen LogP contribution in [0.25, 0.3) is 0 Å². The van der Waals surface area contributed by atoms with Gasteiger partial charge in [0.25, 0.3) is 0 Å². The van der Waals surface area contributed by atoms with Crippen molar-refractivity contribution in [3.63, 3.8) is 0 Å². The standard InChI is InChI=1S/C20H26N4O3.HI/c1-2-21-20(22-10-4-6-12-24-11-5-3-7-19(24)25)23-14-16-8-9-17-18(13-16)27-15-26-17;/h3,5,7-9,11,13H,2,4,6,10,12,14-15H2,1H3,(H2,21,22,23);1H. The SMILES string of the molecule is CCNC(=NCc1ccc2c(c1)OCO2)NCCCCn1ccccc1=O.I. The van der Waals surface area contributed by atoms with E-state index in [9.17, 15) is 4.79 Å². The van der Waals surface area contributed by atoms with Crippen LogP contribution in [-0.2, 0) is 13.1 Å². The number of pyridine rings is 1. The Morgan fingerprint density at radius 1 is 1.14 bits per heavy atom. The lowest BCUT2D eigenvalue weighted by molar-refractivity contribution is 0.174. The van der Waals surface area contributed by atoms with Gasteiger partial charge in [0.05, 0.1) is 6.54 Å². The van der Waals surface area contributed by atoms with Gasteiger partial charge in [-0.2, -0.15) is 0 Å². The van der Waals surface area contributed by atoms with E-state index in [2.05, 4.69) is 15.6 Å². The number of fused-ring (bicyclic) bond motifs is 1. The number of nitrogens with zero attached hydrogens (tertiary/aromatic N) is 2. The summed E-state index contributed by atoms with van der Waals surface area (Å²) in [5, 5.41) is 6.59. The van der Waals surface area contributed by atoms with E-state index in [0.29, 0.717) is 6.54 Å². The van der Waals surface area contributed by atoms with Crippen LogP contribution in [0.2, 0.25) is 0 Å². The third-order valence-electron chi connectivity index (χ3n) is 4.22. The van der Waals surface area contributed by atoms with E-state index in [0.717, 1.165) is 55.5 Å². The second-order valence-electron chi connectivity index (χ2n) is 6.25. The Kier molecular flexibility index (Phi) is 9.12. The van der Waals surface area contributed by atoms with Crippen LogP contribution in [-0.4, -0.2) is 30.4 Å². The molecule has 3 rings (SSSR count). The van der Waals surface area contributed by atoms with Crippen molar-refractivity contribution in [2.24, 2.45) is 4.99 Å². The molecule has 1 aromatic carbocycles. The Bertz CT molecular complexity index is 838. The van der Waals surface area contributed by atoms with Crippen molar-refractivity contribution in [3.8, 4) is 11.5 Å². The first kappa shape index (κ1) is 22.1. The summed E-state index contributed by atoms with van der Waals surface area (Å²) in [5.41, 5.74) is 1.11. The Balaban J connectivity index is 0.00000280. The summed E-state index contributed by atoms with van der Waals surface area (Å²) in [4.78, 5) is 16.3. The van der Waals surface area contributed by atoms with Crippen LogP contribution in [0.5, 0.6) is 11.5 Å². The molecule has 0 aliphatic carbocycles. The Labute approximate surface area is 182 Å². The van der Waals surface area contributed by atoms with Gasteiger partial charge in [-0.1, -0.05) is 12.1 Å². The molecular weight excluding hydrogens is 471 g/mol. The van der Waals surface area contributed by atoms with Crippen molar-refractivity contribution in [1.29, 1.82) is 0 Å². The Hall–Kier alpha value is -2.23. The average Bonchev–Trinajstić information content (AvgIpc) is 3.15. The van der Waals surface area contributed by atoms with Gasteiger partial charge in [0.2, 0.25) is 12.4 Å². The van der Waals surface area contributed by atoms with Gasteiger partial charge in [-0.15, -0.1) is 24.0 Å². The average molecular weight is 498 g/mol. The summed E-state index contributed by atoms with van der Waals surface area (Å²) >= 11 is 0. The first-order chi connectivity index (χ1) is 13.3. The summed E-state index contributed by atoms with van der Waals surface area (Å²) in [7, 11) is 0. The molecule has 0 amide bonds. The predicted octanol–water partition coefficient (Wildman–Crippen LogP) is 2.73. The first-order valence-corrected chi connectivity index (χ1v) is 9.32. The maximum absolute atomic E-state index is 11.7. The van der Waals surface area contributed by atoms with E-state index in [1.54, 1.807) is 16.7 Å². The minimum atomic E-state index is 0. The zero-order valence-electron chi connectivity index (χ0n) is 16.0. The number of halogens is 1. The van der Waals surface area contributed by atoms with Crippen molar-refractivity contribution in [1.82, 2.24) is 15.2 Å². The number of guanidine groups is 1. The molecule has 0 saturated heterocycles. The van der Waals surface area contributed by atoms with Gasteiger partial charge in [-0.3, -0.25) is 4.79 Å². The van der Waals surface area contributed by atoms with Gasteiger partial charge in [0.1, 0.15) is 0 Å². The zero-order chi connectivity index (χ0) is 18.9. The molecule has 2 heterocycles. The molecule has 1 aromatic heterocycles. The Morgan fingerprint density at radius 3 is 2.82 bits per heavy atom. The van der Waals surface area contributed by atoms with Crippen molar-refractivity contribution >= 4 is 29.9 Å². The molecule has 2 N–H and O–H groups in total. The van der Waals surface area contributed by atoms with E-state index in [4.69, 9.17) is 9.47 Å². The molecule has 0 bridgehead atoms. The monoisotopic (exact) mass is 498 g/mol. The molecule has 1 aliphatic heterocycles. The molecule has 2 aromatic rings. The van der Waals surface area contributed by atoms with Gasteiger partial charge in [0.15, 0.2) is 17.5 Å². The molecule has 152 valence electrons. The minimum Gasteiger partial charge on any atom is -0.454 e. The Morgan fingerprint density at radius 2 is 2.00 bits per heavy atom. The van der Waals surface area contributed by atoms with Gasteiger partial charge in [0, 0.05) is 31.9 Å². The summed E-state index contributed by atoms with van der Waals surface area (Å²) in [6.07, 6.45) is 3.71. The molecule has 0 unspecified atom stereocenters. The number of nitrogens with one attached hydrogen (secondary N) is 2. The second-order valence-corrected chi connectivity index (χ2v) is 6.25. The molecule has 0 fully saturated rings. The maximum Gasteiger partial charge on any atom is 0.250 e. The van der Waals surface area contributed by atoms with E-state index >= 15 is 0 Å². The van der Waals surface area contributed by atoms with Crippen LogP contribution >= 0.6 is 24.0 Å². The minimum absolute atomic E-state index is 0. The van der Waals surface area contributed by atoms with Crippen molar-refractivity contribution in [2.75, 3.05) is 19.9 Å². The molecule has 0 spiro atoms. The number of benzene rings is 1. The number of rotatable bonds is 8. The smallest absolute Gasteiger partial charge is 0.250 e. The van der Waals surface area contributed by atoms with Crippen LogP contribution in [0, 0.1) is 0 Å². The van der Waals surface area contributed by atoms with Crippen molar-refractivity contribution in [2.45, 2.75) is 32.9 Å². The molecule has 28 heavy (non-hydrogen) atoms. The highest BCUT2D eigenvalue weighted by molar-refractivity contribution is 14.0. The number of hydrogen-bond acceptors (Lipinski definition) is 4. The van der Waals surface area contributed by atoms with Gasteiger partial charge in [-0.25, -0.2) is 4.99 Å². The maximum atomic E-state index is 11.7. The lowest BCUT2D eigenvalue weighted by Gasteiger charge is -2.11. The van der Waals surface area contributed by atoms with Crippen LogP contribution < -0.4 is 25.7 Å². The van der Waals surface area contributed by atoms with Gasteiger partial charge >= 0.3 is 0 Å². The molecule has 0 atom stereocenters. The number of aliphatic imine (C=N–C) groups is 1. The van der Waals surface area contributed by atoms with E-state index < -0.39 is 0 Å². The predicted molar refractivity (Wildman–Crippen MR) is 121 cm³/mol. The normalized spacial score (nSPS) is 12.4. The van der Waals surface area contributed by atoms with Crippen molar-refractivity contribution < 1.29 is 9.47 Å². The summed E-state index contributed by atoms with van der Waals surface area (Å²) in [6.45, 7) is 5.21. The molecule has 7 nitrogen and oxygen atoms in total. The third kappa shape index (κ3) is 6.43. The highest BCUT2D eigenvalue weighted by Crippen LogP contribution is 2.32. The lowest BCUT2D eigenvalue weighted by Crippen LogP contribution is -2.37. The summed E-state index contributed by atoms with van der Waals surface area (Å²) < 4.78 is 12.5. The number of unbranched alkanes of at least 4 members (excludes halogenated alkanes) is 1.